The van der Waals surface area contributed by atoms with Gasteiger partial charge in [-0.2, -0.15) is 5.10 Å². The number of carbonyl (C=O) groups excluding carboxylic acids is 1. The lowest BCUT2D eigenvalue weighted by atomic mass is 9.97. The molecule has 5 rings (SSSR count). The van der Waals surface area contributed by atoms with E-state index < -0.39 is 17.4 Å². The molecule has 1 fully saturated rings. The van der Waals surface area contributed by atoms with E-state index in [4.69, 9.17) is 4.74 Å². The molecule has 7 nitrogen and oxygen atoms in total. The first-order chi connectivity index (χ1) is 16.8. The van der Waals surface area contributed by atoms with Crippen molar-refractivity contribution in [2.75, 3.05) is 20.7 Å². The Bertz CT molecular complexity index is 1480. The van der Waals surface area contributed by atoms with Gasteiger partial charge in [-0.3, -0.25) is 9.78 Å². The second kappa shape index (κ2) is 9.43. The van der Waals surface area contributed by atoms with Gasteiger partial charge in [0.05, 0.1) is 29.3 Å². The van der Waals surface area contributed by atoms with Crippen molar-refractivity contribution >= 4 is 55.5 Å². The molecule has 1 saturated heterocycles. The molecule has 0 amide bonds. The van der Waals surface area contributed by atoms with E-state index in [0.717, 1.165) is 25.5 Å². The van der Waals surface area contributed by atoms with Gasteiger partial charge in [-0.25, -0.2) is 18.5 Å². The minimum absolute atomic E-state index is 0.0935. The molecule has 0 aliphatic carbocycles. The minimum atomic E-state index is -0.548. The summed E-state index contributed by atoms with van der Waals surface area (Å²) in [6.45, 7) is 0.609. The average molecular weight is 542 g/mol. The monoisotopic (exact) mass is 541 g/mol. The maximum absolute atomic E-state index is 14.7. The van der Waals surface area contributed by atoms with Crippen molar-refractivity contribution in [1.82, 2.24) is 19.7 Å². The molecule has 1 atom stereocenters. The van der Waals surface area contributed by atoms with E-state index in [0.29, 0.717) is 27.4 Å². The van der Waals surface area contributed by atoms with Crippen LogP contribution in [0.25, 0.3) is 21.8 Å². The Labute approximate surface area is 208 Å². The Morgan fingerprint density at radius 3 is 2.77 bits per heavy atom. The van der Waals surface area contributed by atoms with Gasteiger partial charge >= 0.3 is 0 Å². The fraction of sp³-hybridized carbons (Fsp3) is 0.280. The van der Waals surface area contributed by atoms with Gasteiger partial charge in [-0.15, -0.1) is 0 Å². The Morgan fingerprint density at radius 2 is 2.03 bits per heavy atom. The summed E-state index contributed by atoms with van der Waals surface area (Å²) in [6.07, 6.45) is 6.71. The number of rotatable bonds is 5. The van der Waals surface area contributed by atoms with Crippen LogP contribution in [-0.4, -0.2) is 52.5 Å². The summed E-state index contributed by atoms with van der Waals surface area (Å²) in [5, 5.41) is 5.15. The van der Waals surface area contributed by atoms with E-state index in [1.165, 1.54) is 24.5 Å². The Morgan fingerprint density at radius 1 is 1.20 bits per heavy atom. The molecule has 3 heterocycles. The molecule has 4 aromatic rings. The third-order valence-electron chi connectivity index (χ3n) is 5.86. The highest BCUT2D eigenvalue weighted by Crippen LogP contribution is 2.37. The maximum Gasteiger partial charge on any atom is 0.196 e. The molecular weight excluding hydrogens is 520 g/mol. The summed E-state index contributed by atoms with van der Waals surface area (Å²) >= 11 is 3.45. The number of benzene rings is 2. The summed E-state index contributed by atoms with van der Waals surface area (Å²) in [6, 6.07) is 5.58. The molecule has 35 heavy (non-hydrogen) atoms. The standard InChI is InChI=1S/C25H22BrF2N5O2/c1-32(2)13-30-22-16-9-14(27)11-29-23(16)19(26)10-17(22)25(34)15-6-7-20(28)24-18(15)12-33(31-24)21-5-3-4-8-35-21/h6-7,9-13,21H,3-5,8H2,1-2H3/b30-13+. The van der Waals surface area contributed by atoms with Crippen molar-refractivity contribution in [1.29, 1.82) is 0 Å². The molecule has 180 valence electrons. The highest BCUT2D eigenvalue weighted by molar-refractivity contribution is 9.10. The molecule has 0 spiro atoms. The number of ether oxygens (including phenoxy) is 1. The fourth-order valence-corrected chi connectivity index (χ4v) is 4.76. The van der Waals surface area contributed by atoms with Crippen LogP contribution in [0.1, 0.15) is 41.4 Å². The van der Waals surface area contributed by atoms with Crippen molar-refractivity contribution in [3.8, 4) is 0 Å². The topological polar surface area (TPSA) is 72.6 Å². The lowest BCUT2D eigenvalue weighted by Gasteiger charge is -2.22. The first kappa shape index (κ1) is 23.5. The van der Waals surface area contributed by atoms with Gasteiger partial charge in [0.2, 0.25) is 0 Å². The maximum atomic E-state index is 14.7. The van der Waals surface area contributed by atoms with Gasteiger partial charge in [0.15, 0.2) is 11.6 Å². The van der Waals surface area contributed by atoms with Gasteiger partial charge in [0.1, 0.15) is 17.6 Å². The summed E-state index contributed by atoms with van der Waals surface area (Å²) in [4.78, 5) is 24.2. The highest BCUT2D eigenvalue weighted by atomic mass is 79.9. The second-order valence-electron chi connectivity index (χ2n) is 8.63. The lowest BCUT2D eigenvalue weighted by Crippen LogP contribution is -2.18. The largest absolute Gasteiger partial charge is 0.369 e. The van der Waals surface area contributed by atoms with E-state index in [2.05, 4.69) is 31.0 Å². The van der Waals surface area contributed by atoms with Gasteiger partial charge in [0.25, 0.3) is 0 Å². The van der Waals surface area contributed by atoms with E-state index in [1.54, 1.807) is 35.9 Å². The molecule has 0 bridgehead atoms. The summed E-state index contributed by atoms with van der Waals surface area (Å²) in [5.74, 6) is -1.46. The highest BCUT2D eigenvalue weighted by Gasteiger charge is 2.25. The first-order valence-corrected chi connectivity index (χ1v) is 11.9. The van der Waals surface area contributed by atoms with E-state index in [-0.39, 0.29) is 28.6 Å². The quantitative estimate of drug-likeness (QED) is 0.182. The van der Waals surface area contributed by atoms with E-state index in [1.807, 2.05) is 0 Å². The van der Waals surface area contributed by atoms with E-state index >= 15 is 0 Å². The Hall–Kier alpha value is -3.24. The van der Waals surface area contributed by atoms with Crippen molar-refractivity contribution in [2.45, 2.75) is 25.5 Å². The number of hydrogen-bond donors (Lipinski definition) is 0. The number of ketones is 1. The van der Waals surface area contributed by atoms with E-state index in [9.17, 15) is 13.6 Å². The number of fused-ring (bicyclic) bond motifs is 2. The number of aromatic nitrogens is 3. The average Bonchev–Trinajstić information content (AvgIpc) is 3.30. The predicted octanol–water partition coefficient (Wildman–Crippen LogP) is 5.78. The van der Waals surface area contributed by atoms with Crippen LogP contribution in [0.3, 0.4) is 0 Å². The fourth-order valence-electron chi connectivity index (χ4n) is 4.22. The van der Waals surface area contributed by atoms with Crippen LogP contribution >= 0.6 is 15.9 Å². The molecule has 1 unspecified atom stereocenters. The van der Waals surface area contributed by atoms with Crippen LogP contribution < -0.4 is 0 Å². The number of nitrogens with zero attached hydrogens (tertiary/aromatic N) is 5. The second-order valence-corrected chi connectivity index (χ2v) is 9.48. The van der Waals surface area contributed by atoms with Crippen molar-refractivity contribution in [2.24, 2.45) is 4.99 Å². The van der Waals surface area contributed by atoms with Crippen LogP contribution in [0.5, 0.6) is 0 Å². The van der Waals surface area contributed by atoms with Gasteiger partial charge in [-0.05, 0) is 59.5 Å². The van der Waals surface area contributed by atoms with Crippen molar-refractivity contribution in [3.05, 3.63) is 63.9 Å². The molecular formula is C25H22BrF2N5O2. The number of carbonyl (C=O) groups is 1. The SMILES string of the molecule is CN(C)/C=N/c1c(C(=O)c2ccc(F)c3nn(C4CCCCO4)cc23)cc(Br)c2ncc(F)cc12. The predicted molar refractivity (Wildman–Crippen MR) is 133 cm³/mol. The molecule has 1 aliphatic heterocycles. The molecule has 2 aromatic heterocycles. The Kier molecular flexibility index (Phi) is 6.33. The van der Waals surface area contributed by atoms with Crippen LogP contribution in [0.2, 0.25) is 0 Å². The van der Waals surface area contributed by atoms with Gasteiger partial charge in [0, 0.05) is 47.7 Å². The number of halogens is 3. The lowest BCUT2D eigenvalue weighted by molar-refractivity contribution is -0.0391. The number of pyridine rings is 1. The molecule has 0 saturated carbocycles. The smallest absolute Gasteiger partial charge is 0.196 e. The molecule has 0 radical (unpaired) electrons. The zero-order chi connectivity index (χ0) is 24.7. The zero-order valence-corrected chi connectivity index (χ0v) is 20.7. The first-order valence-electron chi connectivity index (χ1n) is 11.2. The summed E-state index contributed by atoms with van der Waals surface area (Å²) < 4.78 is 36.7. The van der Waals surface area contributed by atoms with Crippen LogP contribution in [0, 0.1) is 11.6 Å². The van der Waals surface area contributed by atoms with Crippen molar-refractivity contribution in [3.63, 3.8) is 0 Å². The third kappa shape index (κ3) is 4.43. The van der Waals surface area contributed by atoms with Gasteiger partial charge < -0.3 is 9.64 Å². The van der Waals surface area contributed by atoms with Crippen LogP contribution in [0.15, 0.2) is 46.1 Å². The summed E-state index contributed by atoms with van der Waals surface area (Å²) in [7, 11) is 3.58. The van der Waals surface area contributed by atoms with Crippen molar-refractivity contribution < 1.29 is 18.3 Å². The molecule has 2 aromatic carbocycles. The number of hydrogen-bond acceptors (Lipinski definition) is 5. The normalized spacial score (nSPS) is 16.4. The molecule has 10 heteroatoms. The zero-order valence-electron chi connectivity index (χ0n) is 19.1. The minimum Gasteiger partial charge on any atom is -0.369 e. The van der Waals surface area contributed by atoms with Gasteiger partial charge in [-0.1, -0.05) is 0 Å². The molecule has 1 aliphatic rings. The van der Waals surface area contributed by atoms with Crippen LogP contribution in [0.4, 0.5) is 14.5 Å². The third-order valence-corrected chi connectivity index (χ3v) is 6.47. The number of aliphatic imine (C=N–C) groups is 1. The molecule has 0 N–H and O–H groups in total. The summed E-state index contributed by atoms with van der Waals surface area (Å²) in [5.41, 5.74) is 1.33. The Balaban J connectivity index is 1.70. The van der Waals surface area contributed by atoms with Crippen LogP contribution in [-0.2, 0) is 4.74 Å².